The van der Waals surface area contributed by atoms with Gasteiger partial charge in [0.05, 0.1) is 18.1 Å². The molecule has 20 heavy (non-hydrogen) atoms. The van der Waals surface area contributed by atoms with Crippen molar-refractivity contribution < 1.29 is 9.90 Å². The predicted octanol–water partition coefficient (Wildman–Crippen LogP) is 1.05. The van der Waals surface area contributed by atoms with Gasteiger partial charge in [0.2, 0.25) is 0 Å². The lowest BCUT2D eigenvalue weighted by Gasteiger charge is -2.05. The molecule has 7 nitrogen and oxygen atoms in total. The van der Waals surface area contributed by atoms with Crippen molar-refractivity contribution in [2.45, 2.75) is 13.1 Å². The molecule has 0 spiro atoms. The predicted molar refractivity (Wildman–Crippen MR) is 73.1 cm³/mol. The van der Waals surface area contributed by atoms with Crippen LogP contribution in [-0.4, -0.2) is 30.6 Å². The molecule has 0 radical (unpaired) electrons. The van der Waals surface area contributed by atoms with Crippen molar-refractivity contribution in [2.24, 2.45) is 0 Å². The molecule has 3 heterocycles. The van der Waals surface area contributed by atoms with Crippen molar-refractivity contribution in [1.29, 1.82) is 0 Å². The van der Waals surface area contributed by atoms with Gasteiger partial charge in [-0.3, -0.25) is 4.79 Å². The summed E-state index contributed by atoms with van der Waals surface area (Å²) in [6.07, 6.45) is 3.08. The van der Waals surface area contributed by atoms with Crippen LogP contribution in [0.3, 0.4) is 0 Å². The van der Waals surface area contributed by atoms with E-state index in [4.69, 9.17) is 5.11 Å². The SMILES string of the molecule is O=C(O)c1cn(CCn2ccc3sccc3c2=O)nn1. The van der Waals surface area contributed by atoms with Crippen molar-refractivity contribution >= 4 is 27.4 Å². The summed E-state index contributed by atoms with van der Waals surface area (Å²) in [5, 5.41) is 18.6. The van der Waals surface area contributed by atoms with E-state index in [0.717, 1.165) is 4.70 Å². The first-order valence-electron chi connectivity index (χ1n) is 5.85. The topological polar surface area (TPSA) is 90.0 Å². The number of carboxylic acids is 1. The summed E-state index contributed by atoms with van der Waals surface area (Å²) in [6.45, 7) is 0.795. The molecular formula is C12H10N4O3S. The normalized spacial score (nSPS) is 11.0. The van der Waals surface area contributed by atoms with Gasteiger partial charge >= 0.3 is 5.97 Å². The number of nitrogens with zero attached hydrogens (tertiary/aromatic N) is 4. The number of pyridine rings is 1. The van der Waals surface area contributed by atoms with E-state index in [1.54, 1.807) is 16.8 Å². The van der Waals surface area contributed by atoms with Crippen LogP contribution in [0.4, 0.5) is 0 Å². The zero-order valence-electron chi connectivity index (χ0n) is 10.3. The number of carbonyl (C=O) groups is 1. The van der Waals surface area contributed by atoms with Crippen LogP contribution in [-0.2, 0) is 13.1 Å². The molecule has 0 aliphatic heterocycles. The van der Waals surface area contributed by atoms with Crippen molar-refractivity contribution in [1.82, 2.24) is 19.6 Å². The molecule has 3 aromatic heterocycles. The lowest BCUT2D eigenvalue weighted by Crippen LogP contribution is -2.21. The molecule has 102 valence electrons. The van der Waals surface area contributed by atoms with Crippen LogP contribution in [0.1, 0.15) is 10.5 Å². The Hall–Kier alpha value is -2.48. The summed E-state index contributed by atoms with van der Waals surface area (Å²) in [4.78, 5) is 22.8. The first-order valence-corrected chi connectivity index (χ1v) is 6.73. The third kappa shape index (κ3) is 2.21. The molecule has 0 unspecified atom stereocenters. The Kier molecular flexibility index (Phi) is 3.07. The van der Waals surface area contributed by atoms with Gasteiger partial charge in [-0.25, -0.2) is 9.48 Å². The first-order chi connectivity index (χ1) is 9.65. The van der Waals surface area contributed by atoms with E-state index in [1.165, 1.54) is 22.2 Å². The molecule has 0 saturated heterocycles. The van der Waals surface area contributed by atoms with Crippen LogP contribution in [0.5, 0.6) is 0 Å². The standard InChI is InChI=1S/C12H10N4O3S/c17-11-8-2-6-20-10(8)1-3-15(11)4-5-16-7-9(12(18)19)13-14-16/h1-3,6-7H,4-5H2,(H,18,19). The van der Waals surface area contributed by atoms with Crippen LogP contribution in [0.25, 0.3) is 10.1 Å². The molecule has 0 atom stereocenters. The fourth-order valence-corrected chi connectivity index (χ4v) is 2.67. The average molecular weight is 290 g/mol. The molecule has 0 fully saturated rings. The number of hydrogen-bond donors (Lipinski definition) is 1. The van der Waals surface area contributed by atoms with E-state index in [2.05, 4.69) is 10.3 Å². The van der Waals surface area contributed by atoms with Gasteiger partial charge < -0.3 is 9.67 Å². The highest BCUT2D eigenvalue weighted by Crippen LogP contribution is 2.16. The molecule has 0 aromatic carbocycles. The summed E-state index contributed by atoms with van der Waals surface area (Å²) in [6, 6.07) is 3.70. The van der Waals surface area contributed by atoms with Gasteiger partial charge in [0.1, 0.15) is 0 Å². The number of fused-ring (bicyclic) bond motifs is 1. The quantitative estimate of drug-likeness (QED) is 0.775. The molecular weight excluding hydrogens is 280 g/mol. The third-order valence-corrected chi connectivity index (χ3v) is 3.80. The van der Waals surface area contributed by atoms with Gasteiger partial charge in [0.15, 0.2) is 5.69 Å². The number of aryl methyl sites for hydroxylation is 2. The second-order valence-electron chi connectivity index (χ2n) is 4.18. The van der Waals surface area contributed by atoms with Crippen LogP contribution < -0.4 is 5.56 Å². The van der Waals surface area contributed by atoms with E-state index in [-0.39, 0.29) is 11.3 Å². The number of carboxylic acid groups (broad SMARTS) is 1. The molecule has 1 N–H and O–H groups in total. The average Bonchev–Trinajstić information content (AvgIpc) is 3.07. The molecule has 3 rings (SSSR count). The Morgan fingerprint density at radius 2 is 2.20 bits per heavy atom. The van der Waals surface area contributed by atoms with Crippen LogP contribution in [0.2, 0.25) is 0 Å². The van der Waals surface area contributed by atoms with E-state index in [0.29, 0.717) is 18.5 Å². The fraction of sp³-hybridized carbons (Fsp3) is 0.167. The Morgan fingerprint density at radius 1 is 1.35 bits per heavy atom. The molecule has 8 heteroatoms. The Bertz CT molecular complexity index is 832. The molecule has 0 aliphatic carbocycles. The zero-order chi connectivity index (χ0) is 14.1. The Balaban J connectivity index is 1.81. The largest absolute Gasteiger partial charge is 0.476 e. The Labute approximate surface area is 116 Å². The minimum atomic E-state index is -1.12. The summed E-state index contributed by atoms with van der Waals surface area (Å²) in [7, 11) is 0. The van der Waals surface area contributed by atoms with Crippen LogP contribution in [0.15, 0.2) is 34.7 Å². The summed E-state index contributed by atoms with van der Waals surface area (Å²) < 4.78 is 3.95. The highest BCUT2D eigenvalue weighted by molar-refractivity contribution is 7.17. The highest BCUT2D eigenvalue weighted by Gasteiger charge is 2.08. The van der Waals surface area contributed by atoms with E-state index in [1.807, 2.05) is 11.4 Å². The number of aromatic nitrogens is 4. The van der Waals surface area contributed by atoms with Gasteiger partial charge in [-0.2, -0.15) is 0 Å². The number of hydrogen-bond acceptors (Lipinski definition) is 5. The second-order valence-corrected chi connectivity index (χ2v) is 5.13. The summed E-state index contributed by atoms with van der Waals surface area (Å²) in [5.74, 6) is -1.12. The summed E-state index contributed by atoms with van der Waals surface area (Å²) in [5.41, 5.74) is -0.159. The molecule has 3 aromatic rings. The zero-order valence-corrected chi connectivity index (χ0v) is 11.1. The second kappa shape index (κ2) is 4.89. The first kappa shape index (κ1) is 12.5. The Morgan fingerprint density at radius 3 is 2.95 bits per heavy atom. The summed E-state index contributed by atoms with van der Waals surface area (Å²) >= 11 is 1.53. The maximum absolute atomic E-state index is 12.2. The number of rotatable bonds is 4. The van der Waals surface area contributed by atoms with Crippen molar-refractivity contribution in [3.63, 3.8) is 0 Å². The van der Waals surface area contributed by atoms with Gasteiger partial charge in [-0.15, -0.1) is 16.4 Å². The lowest BCUT2D eigenvalue weighted by molar-refractivity contribution is 0.0690. The fourth-order valence-electron chi connectivity index (χ4n) is 1.90. The maximum Gasteiger partial charge on any atom is 0.358 e. The van der Waals surface area contributed by atoms with Crippen molar-refractivity contribution in [2.75, 3.05) is 0 Å². The van der Waals surface area contributed by atoms with Crippen molar-refractivity contribution in [3.8, 4) is 0 Å². The molecule has 0 bridgehead atoms. The van der Waals surface area contributed by atoms with E-state index in [9.17, 15) is 9.59 Å². The minimum absolute atomic E-state index is 0.0534. The number of aromatic carboxylic acids is 1. The number of thiophene rings is 1. The monoisotopic (exact) mass is 290 g/mol. The molecule has 0 amide bonds. The van der Waals surface area contributed by atoms with Crippen molar-refractivity contribution in [3.05, 3.63) is 46.0 Å². The van der Waals surface area contributed by atoms with Crippen LogP contribution >= 0.6 is 11.3 Å². The molecule has 0 saturated carbocycles. The van der Waals surface area contributed by atoms with Gasteiger partial charge in [-0.05, 0) is 17.5 Å². The van der Waals surface area contributed by atoms with Crippen LogP contribution in [0, 0.1) is 0 Å². The van der Waals surface area contributed by atoms with E-state index >= 15 is 0 Å². The maximum atomic E-state index is 12.2. The van der Waals surface area contributed by atoms with Gasteiger partial charge in [0, 0.05) is 17.4 Å². The smallest absolute Gasteiger partial charge is 0.358 e. The van der Waals surface area contributed by atoms with Gasteiger partial charge in [0.25, 0.3) is 5.56 Å². The molecule has 0 aliphatic rings. The third-order valence-electron chi connectivity index (χ3n) is 2.92. The van der Waals surface area contributed by atoms with Gasteiger partial charge in [-0.1, -0.05) is 5.21 Å². The van der Waals surface area contributed by atoms with E-state index < -0.39 is 5.97 Å². The lowest BCUT2D eigenvalue weighted by atomic mass is 10.3. The highest BCUT2D eigenvalue weighted by atomic mass is 32.1. The minimum Gasteiger partial charge on any atom is -0.476 e.